The fraction of sp³-hybridized carbons (Fsp3) is 0.727. The summed E-state index contributed by atoms with van der Waals surface area (Å²) in [4.78, 5) is 4.31. The van der Waals surface area contributed by atoms with E-state index < -0.39 is 0 Å². The largest absolute Gasteiger partial charge is 0.382 e. The van der Waals surface area contributed by atoms with Crippen LogP contribution in [-0.2, 0) is 16.0 Å². The Kier molecular flexibility index (Phi) is 5.36. The maximum absolute atomic E-state index is 5.41. The van der Waals surface area contributed by atoms with Gasteiger partial charge < -0.3 is 14.0 Å². The molecule has 15 heavy (non-hydrogen) atoms. The first-order valence-electron chi connectivity index (χ1n) is 5.33. The van der Waals surface area contributed by atoms with Crippen molar-refractivity contribution in [2.45, 2.75) is 26.3 Å². The molecule has 1 rings (SSSR count). The summed E-state index contributed by atoms with van der Waals surface area (Å²) in [6.07, 6.45) is 3.83. The van der Waals surface area contributed by atoms with Crippen molar-refractivity contribution in [2.75, 3.05) is 26.9 Å². The van der Waals surface area contributed by atoms with E-state index in [2.05, 4.69) is 23.4 Å². The molecule has 0 amide bonds. The molecule has 0 aliphatic carbocycles. The van der Waals surface area contributed by atoms with E-state index >= 15 is 0 Å². The molecule has 1 aromatic heterocycles. The summed E-state index contributed by atoms with van der Waals surface area (Å²) in [5, 5.41) is 0. The summed E-state index contributed by atoms with van der Waals surface area (Å²) in [7, 11) is 1.68. The Morgan fingerprint density at radius 1 is 1.33 bits per heavy atom. The number of hydrogen-bond donors (Lipinski definition) is 0. The van der Waals surface area contributed by atoms with Gasteiger partial charge in [-0.2, -0.15) is 0 Å². The number of imidazole rings is 1. The normalized spacial score (nSPS) is 11.2. The van der Waals surface area contributed by atoms with E-state index in [1.165, 1.54) is 0 Å². The highest BCUT2D eigenvalue weighted by Crippen LogP contribution is 2.11. The summed E-state index contributed by atoms with van der Waals surface area (Å²) in [5.74, 6) is 1.57. The lowest BCUT2D eigenvalue weighted by molar-refractivity contribution is 0.0662. The first-order chi connectivity index (χ1) is 7.25. The maximum Gasteiger partial charge on any atom is 0.111 e. The van der Waals surface area contributed by atoms with Crippen LogP contribution in [0.2, 0.25) is 0 Å². The summed E-state index contributed by atoms with van der Waals surface area (Å²) < 4.78 is 12.4. The molecule has 4 nitrogen and oxygen atoms in total. The highest BCUT2D eigenvalue weighted by molar-refractivity contribution is 4.97. The predicted octanol–water partition coefficient (Wildman–Crippen LogP) is 1.67. The molecule has 0 unspecified atom stereocenters. The van der Waals surface area contributed by atoms with Crippen LogP contribution >= 0.6 is 0 Å². The zero-order chi connectivity index (χ0) is 11.1. The van der Waals surface area contributed by atoms with Crippen LogP contribution in [-0.4, -0.2) is 36.5 Å². The molecule has 0 fully saturated rings. The highest BCUT2D eigenvalue weighted by atomic mass is 16.5. The highest BCUT2D eigenvalue weighted by Gasteiger charge is 2.05. The summed E-state index contributed by atoms with van der Waals surface area (Å²) in [5.41, 5.74) is 0. The average Bonchev–Trinajstić information content (AvgIpc) is 2.66. The second kappa shape index (κ2) is 6.58. The smallest absolute Gasteiger partial charge is 0.111 e. The van der Waals surface area contributed by atoms with Crippen molar-refractivity contribution in [3.05, 3.63) is 18.2 Å². The molecule has 0 atom stereocenters. The van der Waals surface area contributed by atoms with Crippen molar-refractivity contribution < 1.29 is 9.47 Å². The number of rotatable bonds is 7. The molecule has 0 saturated carbocycles. The fourth-order valence-corrected chi connectivity index (χ4v) is 1.42. The monoisotopic (exact) mass is 212 g/mol. The van der Waals surface area contributed by atoms with Crippen LogP contribution < -0.4 is 0 Å². The van der Waals surface area contributed by atoms with Crippen molar-refractivity contribution in [3.8, 4) is 0 Å². The second-order valence-corrected chi connectivity index (χ2v) is 3.74. The van der Waals surface area contributed by atoms with Crippen LogP contribution in [0.5, 0.6) is 0 Å². The molecule has 86 valence electrons. The Balaban J connectivity index is 2.28. The zero-order valence-electron chi connectivity index (χ0n) is 9.77. The first kappa shape index (κ1) is 12.2. The van der Waals surface area contributed by atoms with E-state index in [0.717, 1.165) is 12.4 Å². The summed E-state index contributed by atoms with van der Waals surface area (Å²) in [6, 6.07) is 0. The number of methoxy groups -OCH3 is 1. The molecular formula is C11H20N2O2. The molecule has 0 aliphatic heterocycles. The molecule has 0 radical (unpaired) electrons. The van der Waals surface area contributed by atoms with E-state index in [1.54, 1.807) is 7.11 Å². The SMILES string of the molecule is COCCOCCn1ccnc1C(C)C. The first-order valence-corrected chi connectivity index (χ1v) is 5.33. The predicted molar refractivity (Wildman–Crippen MR) is 59.0 cm³/mol. The van der Waals surface area contributed by atoms with Crippen LogP contribution in [0.4, 0.5) is 0 Å². The van der Waals surface area contributed by atoms with Gasteiger partial charge in [-0.05, 0) is 0 Å². The Hall–Kier alpha value is -0.870. The Morgan fingerprint density at radius 3 is 2.80 bits per heavy atom. The van der Waals surface area contributed by atoms with Crippen molar-refractivity contribution in [1.29, 1.82) is 0 Å². The molecule has 1 aromatic rings. The van der Waals surface area contributed by atoms with E-state index in [9.17, 15) is 0 Å². The number of nitrogens with zero attached hydrogens (tertiary/aromatic N) is 2. The van der Waals surface area contributed by atoms with E-state index in [4.69, 9.17) is 9.47 Å². The Bertz CT molecular complexity index is 271. The lowest BCUT2D eigenvalue weighted by Crippen LogP contribution is -2.11. The van der Waals surface area contributed by atoms with Crippen molar-refractivity contribution >= 4 is 0 Å². The van der Waals surface area contributed by atoms with Gasteiger partial charge in [0.2, 0.25) is 0 Å². The molecule has 0 aliphatic rings. The second-order valence-electron chi connectivity index (χ2n) is 3.74. The lowest BCUT2D eigenvalue weighted by atomic mass is 10.2. The standard InChI is InChI=1S/C11H20N2O2/c1-10(2)11-12-4-5-13(11)6-7-15-9-8-14-3/h4-5,10H,6-9H2,1-3H3. The van der Waals surface area contributed by atoms with Gasteiger partial charge in [-0.15, -0.1) is 0 Å². The van der Waals surface area contributed by atoms with Crippen molar-refractivity contribution in [3.63, 3.8) is 0 Å². The van der Waals surface area contributed by atoms with Crippen molar-refractivity contribution in [1.82, 2.24) is 9.55 Å². The van der Waals surface area contributed by atoms with Crippen LogP contribution in [0.1, 0.15) is 25.6 Å². The third-order valence-corrected chi connectivity index (χ3v) is 2.17. The maximum atomic E-state index is 5.41. The van der Waals surface area contributed by atoms with E-state index in [1.807, 2.05) is 12.4 Å². The average molecular weight is 212 g/mol. The van der Waals surface area contributed by atoms with Crippen LogP contribution in [0.15, 0.2) is 12.4 Å². The summed E-state index contributed by atoms with van der Waals surface area (Å²) >= 11 is 0. The number of aromatic nitrogens is 2. The number of ether oxygens (including phenoxy) is 2. The molecule has 4 heteroatoms. The van der Waals surface area contributed by atoms with Gasteiger partial charge in [-0.3, -0.25) is 0 Å². The molecular weight excluding hydrogens is 192 g/mol. The minimum absolute atomic E-state index is 0.457. The quantitative estimate of drug-likeness (QED) is 0.645. The number of hydrogen-bond acceptors (Lipinski definition) is 3. The minimum Gasteiger partial charge on any atom is -0.382 e. The lowest BCUT2D eigenvalue weighted by Gasteiger charge is -2.10. The van der Waals surface area contributed by atoms with Gasteiger partial charge in [0.15, 0.2) is 0 Å². The fourth-order valence-electron chi connectivity index (χ4n) is 1.42. The third-order valence-electron chi connectivity index (χ3n) is 2.17. The molecule has 0 saturated heterocycles. The molecule has 1 heterocycles. The van der Waals surface area contributed by atoms with Gasteiger partial charge >= 0.3 is 0 Å². The molecule has 0 spiro atoms. The molecule has 0 aromatic carbocycles. The van der Waals surface area contributed by atoms with Gasteiger partial charge in [-0.25, -0.2) is 4.98 Å². The van der Waals surface area contributed by atoms with Crippen LogP contribution in [0, 0.1) is 0 Å². The zero-order valence-corrected chi connectivity index (χ0v) is 9.77. The van der Waals surface area contributed by atoms with E-state index in [-0.39, 0.29) is 0 Å². The van der Waals surface area contributed by atoms with Crippen molar-refractivity contribution in [2.24, 2.45) is 0 Å². The molecule has 0 bridgehead atoms. The van der Waals surface area contributed by atoms with Gasteiger partial charge in [0.25, 0.3) is 0 Å². The van der Waals surface area contributed by atoms with Gasteiger partial charge in [0.1, 0.15) is 5.82 Å². The third kappa shape index (κ3) is 4.01. The molecule has 0 N–H and O–H groups in total. The van der Waals surface area contributed by atoms with Crippen LogP contribution in [0.3, 0.4) is 0 Å². The van der Waals surface area contributed by atoms with Gasteiger partial charge in [0, 0.05) is 32.0 Å². The Labute approximate surface area is 91.2 Å². The van der Waals surface area contributed by atoms with Crippen LogP contribution in [0.25, 0.3) is 0 Å². The minimum atomic E-state index is 0.457. The Morgan fingerprint density at radius 2 is 2.13 bits per heavy atom. The topological polar surface area (TPSA) is 36.3 Å². The van der Waals surface area contributed by atoms with Gasteiger partial charge in [-0.1, -0.05) is 13.8 Å². The van der Waals surface area contributed by atoms with E-state index in [0.29, 0.717) is 25.7 Å². The summed E-state index contributed by atoms with van der Waals surface area (Å²) in [6.45, 7) is 7.16. The van der Waals surface area contributed by atoms with Gasteiger partial charge in [0.05, 0.1) is 19.8 Å².